The molecule has 5 rings (SSSR count). The molecule has 0 aliphatic heterocycles. The van der Waals surface area contributed by atoms with Crippen molar-refractivity contribution < 1.29 is 19.4 Å². The van der Waals surface area contributed by atoms with E-state index >= 15 is 0 Å². The summed E-state index contributed by atoms with van der Waals surface area (Å²) >= 11 is 0. The van der Waals surface area contributed by atoms with Crippen LogP contribution in [0.15, 0.2) is 23.0 Å². The van der Waals surface area contributed by atoms with Gasteiger partial charge < -0.3 is 9.84 Å². The van der Waals surface area contributed by atoms with Crippen LogP contribution in [0.2, 0.25) is 0 Å². The fourth-order valence-corrected chi connectivity index (χ4v) is 10.7. The minimum Gasteiger partial charge on any atom is -0.511 e. The molecule has 5 aliphatic carbocycles. The van der Waals surface area contributed by atoms with Gasteiger partial charge in [0.05, 0.1) is 24.2 Å². The van der Waals surface area contributed by atoms with Gasteiger partial charge in [-0.1, -0.05) is 54.0 Å². The van der Waals surface area contributed by atoms with Crippen LogP contribution in [0.1, 0.15) is 93.4 Å². The van der Waals surface area contributed by atoms with Gasteiger partial charge >= 0.3 is 5.97 Å². The zero-order valence-corrected chi connectivity index (χ0v) is 24.0. The highest BCUT2D eigenvalue weighted by molar-refractivity contribution is 5.96. The second-order valence-corrected chi connectivity index (χ2v) is 14.6. The molecule has 0 unspecified atom stereocenters. The Hall–Kier alpha value is -2.09. The van der Waals surface area contributed by atoms with Gasteiger partial charge in [-0.25, -0.2) is 0 Å². The van der Waals surface area contributed by atoms with Crippen molar-refractivity contribution in [1.29, 1.82) is 5.26 Å². The number of aliphatic hydroxyl groups excluding tert-OH is 1. The molecule has 0 amide bonds. The van der Waals surface area contributed by atoms with Crippen molar-refractivity contribution in [2.45, 2.75) is 93.4 Å². The Bertz CT molecular complexity index is 1160. The molecule has 37 heavy (non-hydrogen) atoms. The molecule has 5 nitrogen and oxygen atoms in total. The highest BCUT2D eigenvalue weighted by Gasteiger charge is 2.71. The predicted octanol–water partition coefficient (Wildman–Crippen LogP) is 6.94. The number of aliphatic hydroxyl groups is 1. The Labute approximate surface area is 222 Å². The highest BCUT2D eigenvalue weighted by Crippen LogP contribution is 2.75. The van der Waals surface area contributed by atoms with Crippen molar-refractivity contribution >= 4 is 11.8 Å². The number of carbonyl (C=O) groups is 2. The zero-order valence-electron chi connectivity index (χ0n) is 24.0. The first-order chi connectivity index (χ1) is 17.2. The zero-order chi connectivity index (χ0) is 27.3. The van der Waals surface area contributed by atoms with Gasteiger partial charge in [-0.05, 0) is 90.9 Å². The SMILES string of the molecule is COC(=O)[C@]12CC[C@@H](C)[C@H](C)[C@H]1[C@H]1C(=O)C=C3[C@@]4(C)CC(C#N)=C(O)C(C)(C)[C@@H]4CC[C@@]3(C)[C@]1(C)CC2. The van der Waals surface area contributed by atoms with Crippen molar-refractivity contribution in [3.63, 3.8) is 0 Å². The van der Waals surface area contributed by atoms with Crippen LogP contribution >= 0.6 is 0 Å². The number of nitrogens with zero attached hydrogens (tertiary/aromatic N) is 1. The third kappa shape index (κ3) is 3.02. The van der Waals surface area contributed by atoms with Crippen LogP contribution in [0, 0.1) is 68.0 Å². The number of allylic oxidation sites excluding steroid dienone is 4. The Morgan fingerprint density at radius 2 is 1.76 bits per heavy atom. The van der Waals surface area contributed by atoms with Gasteiger partial charge in [0.25, 0.3) is 0 Å². The topological polar surface area (TPSA) is 87.4 Å². The van der Waals surface area contributed by atoms with E-state index in [9.17, 15) is 20.0 Å². The average Bonchev–Trinajstić information content (AvgIpc) is 2.85. The summed E-state index contributed by atoms with van der Waals surface area (Å²) in [6.07, 6.45) is 7.68. The summed E-state index contributed by atoms with van der Waals surface area (Å²) in [6.45, 7) is 15.5. The minimum absolute atomic E-state index is 0.0310. The summed E-state index contributed by atoms with van der Waals surface area (Å²) in [5.41, 5.74) is -0.356. The molecule has 9 atom stereocenters. The van der Waals surface area contributed by atoms with Crippen molar-refractivity contribution in [2.75, 3.05) is 7.11 Å². The van der Waals surface area contributed by atoms with E-state index in [1.165, 1.54) is 12.7 Å². The minimum atomic E-state index is -0.585. The van der Waals surface area contributed by atoms with E-state index < -0.39 is 10.8 Å². The van der Waals surface area contributed by atoms with Crippen molar-refractivity contribution in [3.8, 4) is 6.07 Å². The summed E-state index contributed by atoms with van der Waals surface area (Å²) in [4.78, 5) is 27.9. The fraction of sp³-hybridized carbons (Fsp3) is 0.781. The first-order valence-electron chi connectivity index (χ1n) is 14.3. The molecule has 3 fully saturated rings. The number of hydrogen-bond donors (Lipinski definition) is 1. The van der Waals surface area contributed by atoms with Crippen LogP contribution in [0.5, 0.6) is 0 Å². The van der Waals surface area contributed by atoms with Gasteiger partial charge in [0.1, 0.15) is 5.76 Å². The second-order valence-electron chi connectivity index (χ2n) is 14.6. The number of esters is 1. The highest BCUT2D eigenvalue weighted by atomic mass is 16.5. The summed E-state index contributed by atoms with van der Waals surface area (Å²) < 4.78 is 5.43. The van der Waals surface area contributed by atoms with E-state index in [4.69, 9.17) is 4.74 Å². The number of carbonyl (C=O) groups excluding carboxylic acids is 2. The monoisotopic (exact) mass is 507 g/mol. The Kier molecular flexibility index (Phi) is 5.71. The molecule has 5 aliphatic rings. The van der Waals surface area contributed by atoms with Crippen LogP contribution in [0.4, 0.5) is 0 Å². The second kappa shape index (κ2) is 7.96. The van der Waals surface area contributed by atoms with E-state index in [0.717, 1.165) is 38.5 Å². The number of methoxy groups -OCH3 is 1. The van der Waals surface area contributed by atoms with E-state index in [0.29, 0.717) is 17.9 Å². The third-order valence-corrected chi connectivity index (χ3v) is 13.1. The van der Waals surface area contributed by atoms with Crippen LogP contribution in [-0.2, 0) is 14.3 Å². The largest absolute Gasteiger partial charge is 0.511 e. The smallest absolute Gasteiger partial charge is 0.312 e. The van der Waals surface area contributed by atoms with Crippen molar-refractivity contribution in [1.82, 2.24) is 0 Å². The molecular formula is C32H45NO4. The Morgan fingerprint density at radius 3 is 2.38 bits per heavy atom. The standard InChI is InChI=1S/C32H45NO4/c1-18-9-12-32(27(36)37-8)14-13-31(7)25(24(32)19(18)2)21(34)15-23-29(5)16-20(17-33)26(35)28(3,4)22(29)10-11-30(23,31)6/h15,18-19,22,24-25,35H,9-14,16H2,1-8H3/t18-,19+,22+,24+,25-,29+,30-,31-,32+/m1/s1. The Morgan fingerprint density at radius 1 is 1.08 bits per heavy atom. The molecule has 0 bridgehead atoms. The summed E-state index contributed by atoms with van der Waals surface area (Å²) in [5, 5.41) is 21.0. The van der Waals surface area contributed by atoms with E-state index in [1.54, 1.807) is 0 Å². The number of rotatable bonds is 1. The molecule has 0 spiro atoms. The van der Waals surface area contributed by atoms with Crippen molar-refractivity contribution in [3.05, 3.63) is 23.0 Å². The first kappa shape index (κ1) is 26.5. The quantitative estimate of drug-likeness (QED) is 0.388. The fourth-order valence-electron chi connectivity index (χ4n) is 10.7. The maximum absolute atomic E-state index is 14.4. The molecule has 0 aromatic rings. The Balaban J connectivity index is 1.70. The normalized spacial score (nSPS) is 48.5. The summed E-state index contributed by atoms with van der Waals surface area (Å²) in [7, 11) is 1.50. The van der Waals surface area contributed by atoms with Crippen LogP contribution in [0.25, 0.3) is 0 Å². The van der Waals surface area contributed by atoms with Gasteiger partial charge in [0.15, 0.2) is 5.78 Å². The molecule has 0 aromatic heterocycles. The first-order valence-corrected chi connectivity index (χ1v) is 14.3. The molecule has 0 heterocycles. The number of hydrogen-bond acceptors (Lipinski definition) is 5. The van der Waals surface area contributed by atoms with E-state index in [-0.39, 0.29) is 57.4 Å². The number of nitriles is 1. The van der Waals surface area contributed by atoms with Crippen LogP contribution < -0.4 is 0 Å². The number of ether oxygens (including phenoxy) is 1. The van der Waals surface area contributed by atoms with Crippen molar-refractivity contribution in [2.24, 2.45) is 56.7 Å². The third-order valence-electron chi connectivity index (χ3n) is 13.1. The maximum atomic E-state index is 14.4. The summed E-state index contributed by atoms with van der Waals surface area (Å²) in [5.74, 6) is 0.856. The molecule has 5 heteroatoms. The van der Waals surface area contributed by atoms with E-state index in [2.05, 4.69) is 54.5 Å². The molecular weight excluding hydrogens is 462 g/mol. The summed E-state index contributed by atoms with van der Waals surface area (Å²) in [6, 6.07) is 2.29. The molecule has 0 radical (unpaired) electrons. The lowest BCUT2D eigenvalue weighted by atomic mass is 9.33. The van der Waals surface area contributed by atoms with Crippen LogP contribution in [0.3, 0.4) is 0 Å². The molecule has 0 saturated heterocycles. The molecule has 202 valence electrons. The lowest BCUT2D eigenvalue weighted by molar-refractivity contribution is -0.196. The number of ketones is 1. The predicted molar refractivity (Wildman–Crippen MR) is 142 cm³/mol. The van der Waals surface area contributed by atoms with Gasteiger partial charge in [0.2, 0.25) is 0 Å². The van der Waals surface area contributed by atoms with Gasteiger partial charge in [-0.2, -0.15) is 5.26 Å². The molecule has 0 aromatic carbocycles. The van der Waals surface area contributed by atoms with E-state index in [1.807, 2.05) is 6.08 Å². The van der Waals surface area contributed by atoms with Crippen LogP contribution in [-0.4, -0.2) is 24.0 Å². The van der Waals surface area contributed by atoms with Gasteiger partial charge in [0, 0.05) is 11.3 Å². The molecule has 1 N–H and O–H groups in total. The van der Waals surface area contributed by atoms with Gasteiger partial charge in [-0.15, -0.1) is 0 Å². The lowest BCUT2D eigenvalue weighted by Crippen LogP contribution is -2.66. The average molecular weight is 508 g/mol. The lowest BCUT2D eigenvalue weighted by Gasteiger charge is -2.69. The van der Waals surface area contributed by atoms with Gasteiger partial charge in [-0.3, -0.25) is 9.59 Å². The number of fused-ring (bicyclic) bond motifs is 7. The molecule has 3 saturated carbocycles. The maximum Gasteiger partial charge on any atom is 0.312 e.